The minimum atomic E-state index is -4.25. The Morgan fingerprint density at radius 3 is 1.96 bits per heavy atom. The predicted molar refractivity (Wildman–Crippen MR) is 182 cm³/mol. The molecule has 4 rings (SSSR count). The maximum absolute atomic E-state index is 14.6. The van der Waals surface area contributed by atoms with Crippen LogP contribution in [0.25, 0.3) is 0 Å². The Hall–Kier alpha value is -4.63. The lowest BCUT2D eigenvalue weighted by Crippen LogP contribution is -2.54. The van der Waals surface area contributed by atoms with Crippen molar-refractivity contribution in [2.24, 2.45) is 0 Å². The molecule has 0 heterocycles. The van der Waals surface area contributed by atoms with Crippen LogP contribution in [-0.2, 0) is 32.6 Å². The molecule has 242 valence electrons. The van der Waals surface area contributed by atoms with Gasteiger partial charge in [0.1, 0.15) is 18.3 Å². The van der Waals surface area contributed by atoms with Gasteiger partial charge in [0.05, 0.1) is 17.7 Å². The van der Waals surface area contributed by atoms with Crippen LogP contribution in [0.1, 0.15) is 41.7 Å². The molecule has 0 spiro atoms. The van der Waals surface area contributed by atoms with Gasteiger partial charge in [0.25, 0.3) is 10.0 Å². The van der Waals surface area contributed by atoms with Crippen molar-refractivity contribution in [2.45, 2.75) is 64.6 Å². The maximum Gasteiger partial charge on any atom is 0.264 e. The van der Waals surface area contributed by atoms with Crippen molar-refractivity contribution >= 4 is 27.5 Å². The Kier molecular flexibility index (Phi) is 11.2. The second-order valence-electron chi connectivity index (χ2n) is 11.9. The number of ether oxygens (including phenoxy) is 1. The van der Waals surface area contributed by atoms with Crippen LogP contribution < -0.4 is 14.4 Å². The van der Waals surface area contributed by atoms with E-state index in [4.69, 9.17) is 4.74 Å². The third-order valence-corrected chi connectivity index (χ3v) is 9.44. The normalized spacial score (nSPS) is 12.0. The molecule has 0 aliphatic carbocycles. The van der Waals surface area contributed by atoms with E-state index >= 15 is 0 Å². The summed E-state index contributed by atoms with van der Waals surface area (Å²) in [6.07, 6.45) is 0.246. The molecule has 0 aliphatic rings. The molecule has 46 heavy (non-hydrogen) atoms. The molecule has 0 bridgehead atoms. The highest BCUT2D eigenvalue weighted by Gasteiger charge is 2.35. The standard InChI is InChI=1S/C37H43N3O5S/c1-26(2)38-37(42)34(23-30-10-8-7-9-11-30)39(24-31-17-12-27(3)13-18-31)36(41)25-40(33-22-29(5)16-21-35(33)45-6)46(43,44)32-19-14-28(4)15-20-32/h7-22,26,34H,23-25H2,1-6H3,(H,38,42)/t34-/m1/s1. The summed E-state index contributed by atoms with van der Waals surface area (Å²) in [6, 6.07) is 27.8. The highest BCUT2D eigenvalue weighted by molar-refractivity contribution is 7.92. The van der Waals surface area contributed by atoms with Crippen LogP contribution in [0.5, 0.6) is 5.75 Å². The average molecular weight is 642 g/mol. The van der Waals surface area contributed by atoms with Crippen LogP contribution in [0.3, 0.4) is 0 Å². The van der Waals surface area contributed by atoms with E-state index < -0.39 is 28.5 Å². The van der Waals surface area contributed by atoms with Crippen LogP contribution in [0.2, 0.25) is 0 Å². The zero-order valence-corrected chi connectivity index (χ0v) is 28.2. The third-order valence-electron chi connectivity index (χ3n) is 7.67. The van der Waals surface area contributed by atoms with Crippen molar-refractivity contribution in [1.29, 1.82) is 0 Å². The fourth-order valence-corrected chi connectivity index (χ4v) is 6.59. The number of nitrogens with zero attached hydrogens (tertiary/aromatic N) is 2. The number of methoxy groups -OCH3 is 1. The summed E-state index contributed by atoms with van der Waals surface area (Å²) in [5.74, 6) is -0.544. The van der Waals surface area contributed by atoms with Crippen molar-refractivity contribution in [3.05, 3.63) is 125 Å². The molecule has 0 saturated heterocycles. The van der Waals surface area contributed by atoms with E-state index in [1.54, 1.807) is 24.3 Å². The summed E-state index contributed by atoms with van der Waals surface area (Å²) in [5.41, 5.74) is 4.67. The number of rotatable bonds is 13. The van der Waals surface area contributed by atoms with E-state index in [0.29, 0.717) is 5.75 Å². The highest BCUT2D eigenvalue weighted by atomic mass is 32.2. The summed E-state index contributed by atoms with van der Waals surface area (Å²) in [6.45, 7) is 8.97. The molecule has 2 amide bonds. The first kappa shape index (κ1) is 34.2. The number of carbonyl (C=O) groups is 2. The number of aryl methyl sites for hydroxylation is 3. The molecule has 0 radical (unpaired) electrons. The summed E-state index contributed by atoms with van der Waals surface area (Å²) < 4.78 is 35.4. The molecule has 4 aromatic carbocycles. The maximum atomic E-state index is 14.6. The summed E-state index contributed by atoms with van der Waals surface area (Å²) in [5, 5.41) is 2.98. The Balaban J connectivity index is 1.85. The number of benzene rings is 4. The van der Waals surface area contributed by atoms with E-state index in [9.17, 15) is 18.0 Å². The van der Waals surface area contributed by atoms with Crippen molar-refractivity contribution in [3.63, 3.8) is 0 Å². The van der Waals surface area contributed by atoms with Crippen LogP contribution in [0, 0.1) is 20.8 Å². The van der Waals surface area contributed by atoms with Crippen LogP contribution >= 0.6 is 0 Å². The minimum absolute atomic E-state index is 0.0398. The highest BCUT2D eigenvalue weighted by Crippen LogP contribution is 2.34. The van der Waals surface area contributed by atoms with Crippen molar-refractivity contribution in [2.75, 3.05) is 18.0 Å². The number of hydrogen-bond acceptors (Lipinski definition) is 5. The molecule has 1 atom stereocenters. The van der Waals surface area contributed by atoms with Gasteiger partial charge in [-0.05, 0) is 75.6 Å². The Labute approximate surface area is 273 Å². The van der Waals surface area contributed by atoms with E-state index in [0.717, 1.165) is 32.1 Å². The van der Waals surface area contributed by atoms with E-state index in [2.05, 4.69) is 5.32 Å². The van der Waals surface area contributed by atoms with E-state index in [1.165, 1.54) is 24.1 Å². The summed E-state index contributed by atoms with van der Waals surface area (Å²) >= 11 is 0. The number of carbonyl (C=O) groups excluding carboxylic acids is 2. The van der Waals surface area contributed by atoms with Gasteiger partial charge in [-0.3, -0.25) is 13.9 Å². The van der Waals surface area contributed by atoms with Gasteiger partial charge in [-0.1, -0.05) is 83.9 Å². The lowest BCUT2D eigenvalue weighted by atomic mass is 10.0. The number of hydrogen-bond donors (Lipinski definition) is 1. The molecule has 0 fully saturated rings. The lowest BCUT2D eigenvalue weighted by Gasteiger charge is -2.34. The Morgan fingerprint density at radius 2 is 1.37 bits per heavy atom. The van der Waals surface area contributed by atoms with Crippen molar-refractivity contribution < 1.29 is 22.7 Å². The monoisotopic (exact) mass is 641 g/mol. The minimum Gasteiger partial charge on any atom is -0.495 e. The molecule has 8 nitrogen and oxygen atoms in total. The lowest BCUT2D eigenvalue weighted by molar-refractivity contribution is -0.140. The largest absolute Gasteiger partial charge is 0.495 e. The van der Waals surface area contributed by atoms with Gasteiger partial charge in [0, 0.05) is 19.0 Å². The zero-order chi connectivity index (χ0) is 33.4. The van der Waals surface area contributed by atoms with Crippen LogP contribution in [0.15, 0.2) is 102 Å². The molecular formula is C37H43N3O5S. The zero-order valence-electron chi connectivity index (χ0n) is 27.4. The fourth-order valence-electron chi connectivity index (χ4n) is 5.17. The molecule has 0 saturated carbocycles. The van der Waals surface area contributed by atoms with Gasteiger partial charge in [0.15, 0.2) is 0 Å². The average Bonchev–Trinajstić information content (AvgIpc) is 3.02. The topological polar surface area (TPSA) is 96.0 Å². The first-order chi connectivity index (χ1) is 21.9. The molecule has 0 aliphatic heterocycles. The summed E-state index contributed by atoms with van der Waals surface area (Å²) in [7, 11) is -2.79. The molecule has 9 heteroatoms. The smallest absolute Gasteiger partial charge is 0.264 e. The number of sulfonamides is 1. The van der Waals surface area contributed by atoms with Crippen LogP contribution in [-0.4, -0.2) is 50.9 Å². The molecule has 1 N–H and O–H groups in total. The van der Waals surface area contributed by atoms with Gasteiger partial charge in [0.2, 0.25) is 11.8 Å². The van der Waals surface area contributed by atoms with E-state index in [1.807, 2.05) is 95.3 Å². The van der Waals surface area contributed by atoms with Gasteiger partial charge >= 0.3 is 0 Å². The fraction of sp³-hybridized carbons (Fsp3) is 0.297. The number of anilines is 1. The first-order valence-corrected chi connectivity index (χ1v) is 16.8. The van der Waals surface area contributed by atoms with Crippen molar-refractivity contribution in [1.82, 2.24) is 10.2 Å². The van der Waals surface area contributed by atoms with Crippen LogP contribution in [0.4, 0.5) is 5.69 Å². The Morgan fingerprint density at radius 1 is 0.783 bits per heavy atom. The molecule has 0 aromatic heterocycles. The SMILES string of the molecule is COc1ccc(C)cc1N(CC(=O)N(Cc1ccc(C)cc1)[C@H](Cc1ccccc1)C(=O)NC(C)C)S(=O)(=O)c1ccc(C)cc1. The Bertz CT molecular complexity index is 1740. The van der Waals surface area contributed by atoms with Gasteiger partial charge in [-0.2, -0.15) is 0 Å². The molecule has 0 unspecified atom stereocenters. The van der Waals surface area contributed by atoms with Gasteiger partial charge in [-0.15, -0.1) is 0 Å². The molecular weight excluding hydrogens is 598 g/mol. The molecule has 4 aromatic rings. The second-order valence-corrected chi connectivity index (χ2v) is 13.7. The number of amides is 2. The quantitative estimate of drug-likeness (QED) is 0.194. The van der Waals surface area contributed by atoms with Gasteiger partial charge < -0.3 is 15.0 Å². The third kappa shape index (κ3) is 8.54. The second kappa shape index (κ2) is 15.1. The van der Waals surface area contributed by atoms with Crippen molar-refractivity contribution in [3.8, 4) is 5.75 Å². The van der Waals surface area contributed by atoms with Gasteiger partial charge in [-0.25, -0.2) is 8.42 Å². The predicted octanol–water partition coefficient (Wildman–Crippen LogP) is 5.98. The first-order valence-electron chi connectivity index (χ1n) is 15.3. The number of nitrogens with one attached hydrogen (secondary N) is 1. The summed E-state index contributed by atoms with van der Waals surface area (Å²) in [4.78, 5) is 30.0. The van der Waals surface area contributed by atoms with E-state index in [-0.39, 0.29) is 35.5 Å².